The van der Waals surface area contributed by atoms with Gasteiger partial charge in [-0.3, -0.25) is 19.6 Å². The SMILES string of the molecule is C#[N+]CCCCNc1cccc2c1C[N+]([O-])(C1CCC(=O)NC1=O)C2=O. The lowest BCUT2D eigenvalue weighted by molar-refractivity contribution is -0.825. The van der Waals surface area contributed by atoms with Crippen molar-refractivity contribution >= 4 is 23.4 Å². The molecular weight excluding hydrogens is 336 g/mol. The lowest BCUT2D eigenvalue weighted by atomic mass is 10.0. The van der Waals surface area contributed by atoms with Crippen molar-refractivity contribution in [3.8, 4) is 6.57 Å². The number of nitrogens with zero attached hydrogens (tertiary/aromatic N) is 2. The number of carbonyl (C=O) groups is 3. The number of nitrogens with one attached hydrogen (secondary N) is 2. The number of anilines is 1. The largest absolute Gasteiger partial charge is 0.624 e. The quantitative estimate of drug-likeness (QED) is 0.348. The zero-order chi connectivity index (χ0) is 18.7. The second-order valence-electron chi connectivity index (χ2n) is 6.60. The first-order valence-corrected chi connectivity index (χ1v) is 8.67. The van der Waals surface area contributed by atoms with E-state index >= 15 is 0 Å². The van der Waals surface area contributed by atoms with Gasteiger partial charge in [-0.15, -0.1) is 0 Å². The number of carbonyl (C=O) groups excluding carboxylic acids is 3. The van der Waals surface area contributed by atoms with Crippen LogP contribution < -0.4 is 10.6 Å². The van der Waals surface area contributed by atoms with Gasteiger partial charge in [0.25, 0.3) is 19.0 Å². The second kappa shape index (κ2) is 7.23. The van der Waals surface area contributed by atoms with Crippen molar-refractivity contribution in [2.24, 2.45) is 0 Å². The Morgan fingerprint density at radius 2 is 2.12 bits per heavy atom. The number of imide groups is 1. The number of piperidine rings is 1. The highest BCUT2D eigenvalue weighted by Gasteiger charge is 2.49. The molecule has 3 amide bonds. The zero-order valence-electron chi connectivity index (χ0n) is 14.4. The van der Waals surface area contributed by atoms with Crippen molar-refractivity contribution in [3.63, 3.8) is 0 Å². The van der Waals surface area contributed by atoms with Gasteiger partial charge in [-0.05, 0) is 18.6 Å². The van der Waals surface area contributed by atoms with Crippen LogP contribution >= 0.6 is 0 Å². The van der Waals surface area contributed by atoms with Crippen LogP contribution in [0.4, 0.5) is 5.69 Å². The zero-order valence-corrected chi connectivity index (χ0v) is 14.4. The molecule has 2 atom stereocenters. The number of quaternary nitrogens is 1. The molecule has 8 nitrogen and oxygen atoms in total. The number of fused-ring (bicyclic) bond motifs is 1. The predicted octanol–water partition coefficient (Wildman–Crippen LogP) is 1.61. The molecule has 0 spiro atoms. The van der Waals surface area contributed by atoms with Gasteiger partial charge in [0, 0.05) is 37.1 Å². The Balaban J connectivity index is 1.78. The predicted molar refractivity (Wildman–Crippen MR) is 95.2 cm³/mol. The fourth-order valence-electron chi connectivity index (χ4n) is 3.52. The Labute approximate surface area is 151 Å². The third-order valence-corrected chi connectivity index (χ3v) is 4.89. The minimum absolute atomic E-state index is 0.0690. The van der Waals surface area contributed by atoms with E-state index in [1.807, 2.05) is 6.07 Å². The molecule has 26 heavy (non-hydrogen) atoms. The molecule has 2 heterocycles. The molecule has 2 aliphatic heterocycles. The van der Waals surface area contributed by atoms with Gasteiger partial charge in [0.2, 0.25) is 5.91 Å². The summed E-state index contributed by atoms with van der Waals surface area (Å²) in [5, 5.41) is 18.7. The highest BCUT2D eigenvalue weighted by atomic mass is 16.6. The third-order valence-electron chi connectivity index (χ3n) is 4.89. The van der Waals surface area contributed by atoms with Crippen molar-refractivity contribution < 1.29 is 19.0 Å². The summed E-state index contributed by atoms with van der Waals surface area (Å²) in [6, 6.07) is 4.06. The number of hydrogen-bond donors (Lipinski definition) is 2. The first-order valence-electron chi connectivity index (χ1n) is 8.67. The highest BCUT2D eigenvalue weighted by Crippen LogP contribution is 2.37. The van der Waals surface area contributed by atoms with Crippen LogP contribution in [0.1, 0.15) is 41.6 Å². The molecule has 2 unspecified atom stereocenters. The minimum Gasteiger partial charge on any atom is -0.624 e. The first kappa shape index (κ1) is 18.0. The van der Waals surface area contributed by atoms with E-state index in [1.54, 1.807) is 12.1 Å². The third kappa shape index (κ3) is 3.19. The smallest absolute Gasteiger partial charge is 0.347 e. The lowest BCUT2D eigenvalue weighted by Gasteiger charge is -2.42. The maximum atomic E-state index is 13.3. The maximum absolute atomic E-state index is 13.3. The molecule has 1 saturated heterocycles. The molecule has 0 aliphatic carbocycles. The molecular formula is C18H21N4O4+. The standard InChI is InChI=1S/C18H20N4O4/c1-19-9-2-3-10-20-14-6-4-5-12-13(14)11-22(26,18(12)25)15-7-8-16(23)21-17(15)24/h1,4-6,15,20H,2-3,7-11H2/p+1. The van der Waals surface area contributed by atoms with Crippen LogP contribution in [0.3, 0.4) is 0 Å². The second-order valence-corrected chi connectivity index (χ2v) is 6.60. The Kier molecular flexibility index (Phi) is 5.02. The van der Waals surface area contributed by atoms with Crippen LogP contribution in [0.15, 0.2) is 18.2 Å². The average molecular weight is 357 g/mol. The summed E-state index contributed by atoms with van der Waals surface area (Å²) in [6.45, 7) is 6.25. The molecule has 1 fully saturated rings. The van der Waals surface area contributed by atoms with Crippen LogP contribution in [0.2, 0.25) is 0 Å². The van der Waals surface area contributed by atoms with Crippen molar-refractivity contribution in [2.45, 2.75) is 38.3 Å². The number of benzene rings is 1. The van der Waals surface area contributed by atoms with E-state index in [9.17, 15) is 19.6 Å². The van der Waals surface area contributed by atoms with E-state index in [4.69, 9.17) is 6.57 Å². The number of amides is 3. The van der Waals surface area contributed by atoms with Crippen molar-refractivity contribution in [2.75, 3.05) is 18.4 Å². The molecule has 0 bridgehead atoms. The number of rotatable bonds is 6. The van der Waals surface area contributed by atoms with Crippen molar-refractivity contribution in [1.82, 2.24) is 5.32 Å². The summed E-state index contributed by atoms with van der Waals surface area (Å²) in [5.74, 6) is -1.70. The highest BCUT2D eigenvalue weighted by molar-refractivity contribution is 6.02. The van der Waals surface area contributed by atoms with Crippen LogP contribution in [-0.4, -0.2) is 41.5 Å². The lowest BCUT2D eigenvalue weighted by Crippen LogP contribution is -2.60. The van der Waals surface area contributed by atoms with E-state index in [0.717, 1.165) is 18.5 Å². The van der Waals surface area contributed by atoms with Gasteiger partial charge in [-0.1, -0.05) is 10.9 Å². The van der Waals surface area contributed by atoms with Crippen LogP contribution in [0, 0.1) is 11.8 Å². The fourth-order valence-corrected chi connectivity index (χ4v) is 3.52. The molecule has 2 aliphatic rings. The molecule has 8 heteroatoms. The first-order chi connectivity index (χ1) is 12.5. The van der Waals surface area contributed by atoms with Gasteiger partial charge in [0.1, 0.15) is 6.54 Å². The van der Waals surface area contributed by atoms with Gasteiger partial charge < -0.3 is 10.5 Å². The van der Waals surface area contributed by atoms with E-state index in [2.05, 4.69) is 15.5 Å². The number of unbranched alkanes of at least 4 members (excludes halogenated alkanes) is 1. The van der Waals surface area contributed by atoms with E-state index in [0.29, 0.717) is 24.2 Å². The van der Waals surface area contributed by atoms with Crippen LogP contribution in [0.5, 0.6) is 0 Å². The number of hydroxylamine groups is 3. The summed E-state index contributed by atoms with van der Waals surface area (Å²) in [5.41, 5.74) is 1.69. The van der Waals surface area contributed by atoms with Gasteiger partial charge in [-0.25, -0.2) is 4.79 Å². The molecule has 1 aromatic carbocycles. The van der Waals surface area contributed by atoms with Crippen LogP contribution in [0.25, 0.3) is 4.85 Å². The maximum Gasteiger partial charge on any atom is 0.347 e. The van der Waals surface area contributed by atoms with Gasteiger partial charge in [0.15, 0.2) is 6.04 Å². The molecule has 1 aromatic rings. The average Bonchev–Trinajstić information content (AvgIpc) is 2.87. The molecule has 0 radical (unpaired) electrons. The summed E-state index contributed by atoms with van der Waals surface area (Å²) in [7, 11) is 0. The number of hydrogen-bond acceptors (Lipinski definition) is 5. The molecule has 2 N–H and O–H groups in total. The Bertz CT molecular complexity index is 801. The summed E-state index contributed by atoms with van der Waals surface area (Å²) < 4.78 is -1.26. The van der Waals surface area contributed by atoms with Gasteiger partial charge in [-0.2, -0.15) is 0 Å². The molecule has 0 aromatic heterocycles. The topological polar surface area (TPSA) is 103 Å². The Morgan fingerprint density at radius 1 is 1.31 bits per heavy atom. The van der Waals surface area contributed by atoms with E-state index in [1.165, 1.54) is 0 Å². The molecule has 0 saturated carbocycles. The summed E-state index contributed by atoms with van der Waals surface area (Å²) in [4.78, 5) is 39.8. The summed E-state index contributed by atoms with van der Waals surface area (Å²) >= 11 is 0. The minimum atomic E-state index is -1.26. The molecule has 3 rings (SSSR count). The Hall–Kier alpha value is -2.76. The van der Waals surface area contributed by atoms with E-state index < -0.39 is 28.4 Å². The van der Waals surface area contributed by atoms with E-state index in [-0.39, 0.29) is 19.4 Å². The summed E-state index contributed by atoms with van der Waals surface area (Å²) in [6.07, 6.45) is 1.84. The fraction of sp³-hybridized carbons (Fsp3) is 0.444. The van der Waals surface area contributed by atoms with Crippen molar-refractivity contribution in [3.05, 3.63) is 39.4 Å². The van der Waals surface area contributed by atoms with Gasteiger partial charge >= 0.3 is 5.91 Å². The Morgan fingerprint density at radius 3 is 2.85 bits per heavy atom. The van der Waals surface area contributed by atoms with Crippen LogP contribution in [-0.2, 0) is 16.1 Å². The van der Waals surface area contributed by atoms with Gasteiger partial charge in [0.05, 0.1) is 5.56 Å². The molecule has 136 valence electrons. The van der Waals surface area contributed by atoms with Crippen molar-refractivity contribution in [1.29, 1.82) is 0 Å². The monoisotopic (exact) mass is 357 g/mol. The normalized spacial score (nSPS) is 24.8.